The number of halogens is 2. The molecule has 0 fully saturated rings. The summed E-state index contributed by atoms with van der Waals surface area (Å²) in [6.45, 7) is 0. The number of nitrogens with two attached hydrogens (primary N) is 1. The van der Waals surface area contributed by atoms with Gasteiger partial charge in [-0.25, -0.2) is 14.8 Å². The number of carbonyl (C=O) groups is 2. The second-order valence-electron chi connectivity index (χ2n) is 1.79. The number of carboxylic acid groups (broad SMARTS) is 1. The summed E-state index contributed by atoms with van der Waals surface area (Å²) in [5, 5.41) is 8.27. The van der Waals surface area contributed by atoms with Gasteiger partial charge in [0.15, 0.2) is 5.69 Å². The van der Waals surface area contributed by atoms with E-state index in [1.54, 1.807) is 0 Å². The normalized spacial score (nSPS) is 8.43. The maximum atomic E-state index is 10.3. The topological polar surface area (TPSA) is 106 Å². The zero-order valence-electron chi connectivity index (χ0n) is 6.65. The van der Waals surface area contributed by atoms with Crippen LogP contribution in [-0.2, 0) is 4.79 Å². The minimum Gasteiger partial charge on any atom is -0.477 e. The molecular weight excluding hydrogens is 233 g/mol. The van der Waals surface area contributed by atoms with E-state index < -0.39 is 5.97 Å². The van der Waals surface area contributed by atoms with Gasteiger partial charge < -0.3 is 10.8 Å². The Morgan fingerprint density at radius 1 is 1.50 bits per heavy atom. The molecule has 76 valence electrons. The van der Waals surface area contributed by atoms with Gasteiger partial charge in [0.05, 0.1) is 0 Å². The predicted molar refractivity (Wildman–Crippen MR) is 49.3 cm³/mol. The third-order valence-electron chi connectivity index (χ3n) is 0.887. The summed E-state index contributed by atoms with van der Waals surface area (Å²) in [5.41, 5.74) is 3.95. The first-order valence-corrected chi connectivity index (χ1v) is 3.85. The van der Waals surface area contributed by atoms with Gasteiger partial charge in [0.2, 0.25) is 11.7 Å². The van der Waals surface area contributed by atoms with Crippen molar-refractivity contribution in [2.45, 2.75) is 0 Å². The quantitative estimate of drug-likeness (QED) is 0.422. The van der Waals surface area contributed by atoms with Crippen molar-refractivity contribution in [3.63, 3.8) is 0 Å². The third kappa shape index (κ3) is 4.58. The van der Waals surface area contributed by atoms with E-state index in [4.69, 9.17) is 33.1 Å². The molecule has 0 aliphatic rings. The van der Waals surface area contributed by atoms with Crippen molar-refractivity contribution in [1.82, 2.24) is 9.97 Å². The van der Waals surface area contributed by atoms with Gasteiger partial charge in [0, 0.05) is 6.07 Å². The van der Waals surface area contributed by atoms with Crippen LogP contribution < -0.4 is 5.73 Å². The van der Waals surface area contributed by atoms with E-state index >= 15 is 0 Å². The number of hydrogen-bond acceptors (Lipinski definition) is 4. The van der Waals surface area contributed by atoms with Crippen LogP contribution in [0, 0.1) is 0 Å². The van der Waals surface area contributed by atoms with Crippen molar-refractivity contribution >= 4 is 35.6 Å². The highest BCUT2D eigenvalue weighted by atomic mass is 35.5. The van der Waals surface area contributed by atoms with Gasteiger partial charge in [-0.1, -0.05) is 11.6 Å². The Kier molecular flexibility index (Phi) is 5.50. The molecule has 1 aromatic heterocycles. The number of primary amides is 1. The number of rotatable bonds is 1. The van der Waals surface area contributed by atoms with Crippen LogP contribution in [0.4, 0.5) is 0 Å². The lowest BCUT2D eigenvalue weighted by Crippen LogP contribution is -2.01. The Bertz CT molecular complexity index is 325. The summed E-state index contributed by atoms with van der Waals surface area (Å²) in [7, 11) is 0. The van der Waals surface area contributed by atoms with Gasteiger partial charge in [-0.2, -0.15) is 0 Å². The number of amides is 1. The molecule has 0 aromatic carbocycles. The number of hydrogen-bond donors (Lipinski definition) is 2. The van der Waals surface area contributed by atoms with Crippen LogP contribution in [0.1, 0.15) is 10.5 Å². The molecule has 6 nitrogen and oxygen atoms in total. The van der Waals surface area contributed by atoms with E-state index in [1.807, 2.05) is 0 Å². The minimum atomic E-state index is -1.18. The molecular formula is C6H5Cl2N3O3. The molecule has 0 saturated carbocycles. The molecule has 0 bridgehead atoms. The average molecular weight is 238 g/mol. The highest BCUT2D eigenvalue weighted by Crippen LogP contribution is 2.10. The Balaban J connectivity index is 0.000000500. The molecule has 0 saturated heterocycles. The van der Waals surface area contributed by atoms with Crippen molar-refractivity contribution < 1.29 is 14.7 Å². The predicted octanol–water partition coefficient (Wildman–Crippen LogP) is 0.583. The maximum absolute atomic E-state index is 10.3. The van der Waals surface area contributed by atoms with Crippen molar-refractivity contribution in [1.29, 1.82) is 0 Å². The van der Waals surface area contributed by atoms with Crippen LogP contribution in [0.25, 0.3) is 0 Å². The van der Waals surface area contributed by atoms with E-state index in [9.17, 15) is 4.79 Å². The summed E-state index contributed by atoms with van der Waals surface area (Å²) in [5.74, 6) is -1.18. The monoisotopic (exact) mass is 237 g/mol. The molecule has 0 atom stereocenters. The highest BCUT2D eigenvalue weighted by molar-refractivity contribution is 6.32. The van der Waals surface area contributed by atoms with Gasteiger partial charge in [0.1, 0.15) is 5.15 Å². The smallest absolute Gasteiger partial charge is 0.354 e. The Labute approximate surface area is 88.7 Å². The van der Waals surface area contributed by atoms with Gasteiger partial charge in [-0.15, -0.1) is 0 Å². The van der Waals surface area contributed by atoms with E-state index in [2.05, 4.69) is 15.7 Å². The maximum Gasteiger partial charge on any atom is 0.354 e. The first kappa shape index (κ1) is 12.6. The second kappa shape index (κ2) is 6.11. The van der Waals surface area contributed by atoms with E-state index in [0.29, 0.717) is 0 Å². The number of nitrogens with zero attached hydrogens (tertiary/aromatic N) is 2. The molecule has 0 spiro atoms. The lowest BCUT2D eigenvalue weighted by Gasteiger charge is -1.93. The van der Waals surface area contributed by atoms with E-state index in [0.717, 1.165) is 6.07 Å². The highest BCUT2D eigenvalue weighted by Gasteiger charge is 2.07. The number of carboxylic acids is 1. The first-order chi connectivity index (χ1) is 6.51. The molecule has 3 N–H and O–H groups in total. The summed E-state index contributed by atoms with van der Waals surface area (Å²) in [6, 6.07) is 1.12. The number of aromatic nitrogens is 2. The van der Waals surface area contributed by atoms with Crippen LogP contribution in [0.5, 0.6) is 0 Å². The molecule has 0 aliphatic heterocycles. The standard InChI is InChI=1S/C5H2Cl2N2O2.CH3NO/c6-3-1-2(4(10)11)8-5(7)9-3;2-1-3/h1H,(H,10,11);1H,(H2,2,3). The number of carbonyl (C=O) groups excluding carboxylic acids is 1. The van der Waals surface area contributed by atoms with Gasteiger partial charge in [-0.05, 0) is 11.6 Å². The Morgan fingerprint density at radius 3 is 2.36 bits per heavy atom. The summed E-state index contributed by atoms with van der Waals surface area (Å²) in [4.78, 5) is 25.8. The van der Waals surface area contributed by atoms with Crippen molar-refractivity contribution in [3.05, 3.63) is 22.2 Å². The lowest BCUT2D eigenvalue weighted by atomic mass is 10.4. The molecule has 14 heavy (non-hydrogen) atoms. The van der Waals surface area contributed by atoms with Crippen LogP contribution in [-0.4, -0.2) is 27.5 Å². The van der Waals surface area contributed by atoms with E-state index in [1.165, 1.54) is 0 Å². The second-order valence-corrected chi connectivity index (χ2v) is 2.51. The summed E-state index contributed by atoms with van der Waals surface area (Å²) < 4.78 is 0. The minimum absolute atomic E-state index is 0.0161. The van der Waals surface area contributed by atoms with Crippen LogP contribution in [0.2, 0.25) is 10.4 Å². The van der Waals surface area contributed by atoms with Crippen molar-refractivity contribution in [2.24, 2.45) is 5.73 Å². The molecule has 0 radical (unpaired) electrons. The summed E-state index contributed by atoms with van der Waals surface area (Å²) in [6.07, 6.45) is 0.250. The van der Waals surface area contributed by atoms with Crippen LogP contribution >= 0.6 is 23.2 Å². The molecule has 0 aliphatic carbocycles. The Hall–Kier alpha value is -1.40. The van der Waals surface area contributed by atoms with E-state index in [-0.39, 0.29) is 22.5 Å². The fraction of sp³-hybridized carbons (Fsp3) is 0. The molecule has 8 heteroatoms. The van der Waals surface area contributed by atoms with Gasteiger partial charge in [0.25, 0.3) is 0 Å². The first-order valence-electron chi connectivity index (χ1n) is 3.10. The van der Waals surface area contributed by atoms with Gasteiger partial charge >= 0.3 is 5.97 Å². The molecule has 1 amide bonds. The van der Waals surface area contributed by atoms with Crippen LogP contribution in [0.15, 0.2) is 6.07 Å². The van der Waals surface area contributed by atoms with Crippen LogP contribution in [0.3, 0.4) is 0 Å². The number of aromatic carboxylic acids is 1. The SMILES string of the molecule is NC=O.O=C(O)c1cc(Cl)nc(Cl)n1. The largest absolute Gasteiger partial charge is 0.477 e. The zero-order valence-corrected chi connectivity index (χ0v) is 8.16. The molecule has 1 rings (SSSR count). The lowest BCUT2D eigenvalue weighted by molar-refractivity contribution is -0.106. The van der Waals surface area contributed by atoms with Crippen molar-refractivity contribution in [3.8, 4) is 0 Å². The third-order valence-corrected chi connectivity index (χ3v) is 1.25. The fourth-order valence-corrected chi connectivity index (χ4v) is 0.908. The summed E-state index contributed by atoms with van der Waals surface area (Å²) >= 11 is 10.7. The van der Waals surface area contributed by atoms with Crippen molar-refractivity contribution in [2.75, 3.05) is 0 Å². The Morgan fingerprint density at radius 2 is 2.00 bits per heavy atom. The fourth-order valence-electron chi connectivity index (χ4n) is 0.499. The van der Waals surface area contributed by atoms with Gasteiger partial charge in [-0.3, -0.25) is 4.79 Å². The molecule has 0 unspecified atom stereocenters. The zero-order chi connectivity index (χ0) is 11.1. The molecule has 1 heterocycles. The molecule has 1 aromatic rings. The average Bonchev–Trinajstić information content (AvgIpc) is 2.03.